The molecule has 0 aromatic carbocycles. The fourth-order valence-corrected chi connectivity index (χ4v) is 7.99. The summed E-state index contributed by atoms with van der Waals surface area (Å²) < 4.78 is 5.85. The van der Waals surface area contributed by atoms with Gasteiger partial charge in [-0.2, -0.15) is 0 Å². The van der Waals surface area contributed by atoms with Gasteiger partial charge in [-0.15, -0.1) is 0 Å². The zero-order chi connectivity index (χ0) is 23.9. The van der Waals surface area contributed by atoms with E-state index in [2.05, 4.69) is 43.1 Å². The first-order chi connectivity index (χ1) is 16.3. The van der Waals surface area contributed by atoms with Gasteiger partial charge in [-0.05, 0) is 97.7 Å². The van der Waals surface area contributed by atoms with Gasteiger partial charge in [0.1, 0.15) is 11.9 Å². The lowest BCUT2D eigenvalue weighted by molar-refractivity contribution is -0.151. The quantitative estimate of drug-likeness (QED) is 0.349. The van der Waals surface area contributed by atoms with E-state index in [0.29, 0.717) is 25.2 Å². The molecule has 1 aromatic rings. The summed E-state index contributed by atoms with van der Waals surface area (Å²) in [6.45, 7) is 6.57. The highest BCUT2D eigenvalue weighted by molar-refractivity contribution is 5.76. The number of aromatic nitrogens is 1. The molecule has 4 nitrogen and oxygen atoms in total. The van der Waals surface area contributed by atoms with Crippen molar-refractivity contribution < 1.29 is 14.3 Å². The number of allylic oxidation sites excluding steroid dienone is 3. The van der Waals surface area contributed by atoms with Crippen LogP contribution in [0, 0.1) is 28.6 Å². The third-order valence-corrected chi connectivity index (χ3v) is 9.82. The summed E-state index contributed by atoms with van der Waals surface area (Å²) in [5, 5.41) is 0. The lowest BCUT2D eigenvalue weighted by Gasteiger charge is -2.57. The molecule has 34 heavy (non-hydrogen) atoms. The summed E-state index contributed by atoms with van der Waals surface area (Å²) >= 11 is 0. The van der Waals surface area contributed by atoms with Crippen molar-refractivity contribution in [3.8, 4) is 0 Å². The molecule has 0 aliphatic heterocycles. The van der Waals surface area contributed by atoms with Gasteiger partial charge in [-0.3, -0.25) is 9.78 Å². The normalized spacial score (nSPS) is 36.4. The van der Waals surface area contributed by atoms with Crippen molar-refractivity contribution in [3.05, 3.63) is 47.8 Å². The van der Waals surface area contributed by atoms with Crippen LogP contribution in [0.2, 0.25) is 0 Å². The molecule has 0 amide bonds. The van der Waals surface area contributed by atoms with Crippen molar-refractivity contribution in [1.29, 1.82) is 0 Å². The standard InChI is InChI=1S/C30H39NO3/c1-20(32)6-4-8-28(33)34-23-13-15-29(2)22(18-23)9-10-24-26-12-11-25(21-7-5-17-31-19-21)30(26,3)16-14-27(24)29/h5,7,9,11,17,19,23-24,26-27H,4,6,8,10,12-16,18H2,1-3H3/t23-,24-,26-,27-,29-,30+/m0/s1. The van der Waals surface area contributed by atoms with E-state index in [1.54, 1.807) is 6.92 Å². The van der Waals surface area contributed by atoms with E-state index in [4.69, 9.17) is 4.74 Å². The number of ketones is 1. The minimum atomic E-state index is -0.141. The number of carbonyl (C=O) groups is 2. The average molecular weight is 462 g/mol. The van der Waals surface area contributed by atoms with Crippen molar-refractivity contribution in [2.24, 2.45) is 28.6 Å². The van der Waals surface area contributed by atoms with Crippen LogP contribution in [0.4, 0.5) is 0 Å². The summed E-state index contributed by atoms with van der Waals surface area (Å²) in [5.41, 5.74) is 4.83. The van der Waals surface area contributed by atoms with E-state index in [1.165, 1.54) is 36.0 Å². The zero-order valence-corrected chi connectivity index (χ0v) is 21.0. The third-order valence-electron chi connectivity index (χ3n) is 9.82. The molecule has 0 unspecified atom stereocenters. The Bertz CT molecular complexity index is 1010. The van der Waals surface area contributed by atoms with E-state index >= 15 is 0 Å². The van der Waals surface area contributed by atoms with Crippen molar-refractivity contribution >= 4 is 17.3 Å². The second-order valence-corrected chi connectivity index (χ2v) is 11.7. The van der Waals surface area contributed by atoms with Gasteiger partial charge >= 0.3 is 5.97 Å². The highest BCUT2D eigenvalue weighted by Gasteiger charge is 2.57. The van der Waals surface area contributed by atoms with Crippen LogP contribution in [0.1, 0.15) is 90.5 Å². The first-order valence-corrected chi connectivity index (χ1v) is 13.3. The van der Waals surface area contributed by atoms with Crippen LogP contribution in [0.5, 0.6) is 0 Å². The van der Waals surface area contributed by atoms with Crippen LogP contribution in [0.25, 0.3) is 5.57 Å². The number of nitrogens with zero attached hydrogens (tertiary/aromatic N) is 1. The van der Waals surface area contributed by atoms with Gasteiger partial charge in [-0.25, -0.2) is 0 Å². The third kappa shape index (κ3) is 4.07. The molecule has 4 aliphatic rings. The molecular weight excluding hydrogens is 422 g/mol. The topological polar surface area (TPSA) is 56.3 Å². The Morgan fingerprint density at radius 1 is 1.06 bits per heavy atom. The summed E-state index contributed by atoms with van der Waals surface area (Å²) in [6, 6.07) is 4.28. The molecule has 2 saturated carbocycles. The maximum atomic E-state index is 12.3. The van der Waals surface area contributed by atoms with Crippen molar-refractivity contribution in [3.63, 3.8) is 0 Å². The minimum Gasteiger partial charge on any atom is -0.462 e. The van der Waals surface area contributed by atoms with E-state index in [0.717, 1.165) is 37.5 Å². The molecule has 4 aliphatic carbocycles. The van der Waals surface area contributed by atoms with Gasteiger partial charge < -0.3 is 9.53 Å². The molecule has 2 fully saturated rings. The van der Waals surface area contributed by atoms with Crippen molar-refractivity contribution in [2.45, 2.75) is 91.1 Å². The van der Waals surface area contributed by atoms with E-state index in [9.17, 15) is 9.59 Å². The lowest BCUT2D eigenvalue weighted by atomic mass is 9.47. The van der Waals surface area contributed by atoms with Crippen molar-refractivity contribution in [2.75, 3.05) is 0 Å². The van der Waals surface area contributed by atoms with Crippen LogP contribution in [-0.2, 0) is 14.3 Å². The summed E-state index contributed by atoms with van der Waals surface area (Å²) in [5.74, 6) is 2.14. The number of rotatable bonds is 6. The molecule has 6 atom stereocenters. The fourth-order valence-electron chi connectivity index (χ4n) is 7.99. The highest BCUT2D eigenvalue weighted by Crippen LogP contribution is 2.66. The molecule has 0 bridgehead atoms. The SMILES string of the molecule is CC(=O)CCCC(=O)O[C@H]1CC[C@@]2(C)C(=CC[C@@H]3[C@@H]2CC[C@]2(C)C(c4cccnc4)=CC[C@@H]32)C1. The Morgan fingerprint density at radius 3 is 2.65 bits per heavy atom. The number of hydrogen-bond acceptors (Lipinski definition) is 4. The van der Waals surface area contributed by atoms with Gasteiger partial charge in [0.2, 0.25) is 0 Å². The summed E-state index contributed by atoms with van der Waals surface area (Å²) in [4.78, 5) is 27.8. The number of fused-ring (bicyclic) bond motifs is 5. The molecule has 1 heterocycles. The monoisotopic (exact) mass is 461 g/mol. The summed E-state index contributed by atoms with van der Waals surface area (Å²) in [7, 11) is 0. The van der Waals surface area contributed by atoms with E-state index < -0.39 is 0 Å². The van der Waals surface area contributed by atoms with Crippen LogP contribution in [0.3, 0.4) is 0 Å². The Hall–Kier alpha value is -2.23. The first-order valence-electron chi connectivity index (χ1n) is 13.3. The lowest BCUT2D eigenvalue weighted by Crippen LogP contribution is -2.50. The molecule has 4 heteroatoms. The Morgan fingerprint density at radius 2 is 1.88 bits per heavy atom. The molecule has 0 N–H and O–H groups in total. The average Bonchev–Trinajstić information content (AvgIpc) is 3.17. The molecule has 0 saturated heterocycles. The number of hydrogen-bond donors (Lipinski definition) is 0. The van der Waals surface area contributed by atoms with Gasteiger partial charge in [-0.1, -0.05) is 37.6 Å². The number of pyridine rings is 1. The fraction of sp³-hybridized carbons (Fsp3) is 0.633. The number of carbonyl (C=O) groups excluding carboxylic acids is 2. The molecule has 5 rings (SSSR count). The van der Waals surface area contributed by atoms with E-state index in [-0.39, 0.29) is 28.7 Å². The van der Waals surface area contributed by atoms with Crippen LogP contribution in [0.15, 0.2) is 42.3 Å². The number of Topliss-reactive ketones (excluding diaryl/α,β-unsaturated/α-hetero) is 1. The van der Waals surface area contributed by atoms with Gasteiger partial charge in [0.05, 0.1) is 0 Å². The molecule has 1 aromatic heterocycles. The van der Waals surface area contributed by atoms with Gasteiger partial charge in [0.15, 0.2) is 0 Å². The van der Waals surface area contributed by atoms with Crippen LogP contribution in [-0.4, -0.2) is 22.8 Å². The Kier molecular flexibility index (Phi) is 6.29. The predicted octanol–water partition coefficient (Wildman–Crippen LogP) is 6.71. The maximum Gasteiger partial charge on any atom is 0.306 e. The van der Waals surface area contributed by atoms with Crippen molar-refractivity contribution in [1.82, 2.24) is 4.98 Å². The Labute approximate surface area is 204 Å². The van der Waals surface area contributed by atoms with E-state index in [1.807, 2.05) is 12.4 Å². The molecular formula is C30H39NO3. The molecule has 182 valence electrons. The summed E-state index contributed by atoms with van der Waals surface area (Å²) in [6.07, 6.45) is 18.2. The zero-order valence-electron chi connectivity index (χ0n) is 21.0. The second-order valence-electron chi connectivity index (χ2n) is 11.7. The van der Waals surface area contributed by atoms with Gasteiger partial charge in [0, 0.05) is 31.7 Å². The number of esters is 1. The molecule has 0 radical (unpaired) electrons. The highest BCUT2D eigenvalue weighted by atomic mass is 16.5. The maximum absolute atomic E-state index is 12.3. The predicted molar refractivity (Wildman–Crippen MR) is 134 cm³/mol. The smallest absolute Gasteiger partial charge is 0.306 e. The second kappa shape index (κ2) is 9.09. The Balaban J connectivity index is 1.27. The minimum absolute atomic E-state index is 0.000102. The van der Waals surface area contributed by atoms with Crippen LogP contribution < -0.4 is 0 Å². The van der Waals surface area contributed by atoms with Gasteiger partial charge in [0.25, 0.3) is 0 Å². The first kappa shape index (κ1) is 23.5. The van der Waals surface area contributed by atoms with Crippen LogP contribution >= 0.6 is 0 Å². The molecule has 0 spiro atoms. The largest absolute Gasteiger partial charge is 0.462 e. The number of ether oxygens (including phenoxy) is 1.